The third-order valence-corrected chi connectivity index (χ3v) is 5.36. The highest BCUT2D eigenvalue weighted by Crippen LogP contribution is 2.40. The summed E-state index contributed by atoms with van der Waals surface area (Å²) in [5.74, 6) is -1.50. The van der Waals surface area contributed by atoms with E-state index in [1.54, 1.807) is 0 Å². The number of hydrogen-bond acceptors (Lipinski definition) is 5. The van der Waals surface area contributed by atoms with Gasteiger partial charge in [0.1, 0.15) is 0 Å². The summed E-state index contributed by atoms with van der Waals surface area (Å²) in [5, 5.41) is 4.26. The molecule has 2 aromatic rings. The van der Waals surface area contributed by atoms with Crippen LogP contribution in [0.15, 0.2) is 47.4 Å². The summed E-state index contributed by atoms with van der Waals surface area (Å²) in [6.07, 6.45) is -4.68. The second-order valence-corrected chi connectivity index (χ2v) is 7.37. The zero-order valence-corrected chi connectivity index (χ0v) is 15.8. The fourth-order valence-corrected chi connectivity index (χ4v) is 3.74. The Balaban J connectivity index is 1.64. The minimum Gasteiger partial charge on any atom is -0.465 e. The smallest absolute Gasteiger partial charge is 0.416 e. The molecule has 6 nitrogen and oxygen atoms in total. The molecule has 1 aliphatic heterocycles. The van der Waals surface area contributed by atoms with Gasteiger partial charge in [-0.1, -0.05) is 0 Å². The Hall–Kier alpha value is -3.01. The average molecular weight is 424 g/mol. The predicted octanol–water partition coefficient (Wildman–Crippen LogP) is 3.93. The molecule has 0 saturated carbocycles. The Morgan fingerprint density at radius 2 is 1.86 bits per heavy atom. The first-order chi connectivity index (χ1) is 13.7. The van der Waals surface area contributed by atoms with Crippen LogP contribution in [0.5, 0.6) is 0 Å². The largest absolute Gasteiger partial charge is 0.465 e. The highest BCUT2D eigenvalue weighted by atomic mass is 32.2. The number of carbonyl (C=O) groups is 3. The van der Waals surface area contributed by atoms with E-state index < -0.39 is 34.8 Å². The van der Waals surface area contributed by atoms with Crippen LogP contribution in [0.3, 0.4) is 0 Å². The maximum atomic E-state index is 12.8. The number of anilines is 2. The molecule has 2 N–H and O–H groups in total. The van der Waals surface area contributed by atoms with Crippen molar-refractivity contribution >= 4 is 40.9 Å². The second-order valence-electron chi connectivity index (χ2n) is 6.13. The maximum Gasteiger partial charge on any atom is 0.416 e. The van der Waals surface area contributed by atoms with Gasteiger partial charge in [0.25, 0.3) is 0 Å². The Morgan fingerprint density at radius 1 is 1.17 bits per heavy atom. The molecule has 29 heavy (non-hydrogen) atoms. The number of amides is 2. The number of benzene rings is 2. The van der Waals surface area contributed by atoms with E-state index in [0.29, 0.717) is 16.1 Å². The van der Waals surface area contributed by atoms with Crippen LogP contribution >= 0.6 is 11.8 Å². The fraction of sp³-hybridized carbons (Fsp3) is 0.211. The molecule has 0 bridgehead atoms. The summed E-state index contributed by atoms with van der Waals surface area (Å²) in [7, 11) is 1.26. The van der Waals surface area contributed by atoms with E-state index in [1.165, 1.54) is 37.4 Å². The van der Waals surface area contributed by atoms with Crippen molar-refractivity contribution in [2.75, 3.05) is 17.7 Å². The van der Waals surface area contributed by atoms with E-state index in [4.69, 9.17) is 0 Å². The van der Waals surface area contributed by atoms with Gasteiger partial charge in [-0.15, -0.1) is 11.8 Å². The number of halogens is 3. The molecular formula is C19H15F3N2O4S. The van der Waals surface area contributed by atoms with Gasteiger partial charge < -0.3 is 15.4 Å². The van der Waals surface area contributed by atoms with Gasteiger partial charge in [-0.05, 0) is 42.5 Å². The maximum absolute atomic E-state index is 12.8. The Labute approximate surface area is 167 Å². The molecular weight excluding hydrogens is 409 g/mol. The number of fused-ring (bicyclic) bond motifs is 1. The van der Waals surface area contributed by atoms with E-state index in [-0.39, 0.29) is 12.1 Å². The lowest BCUT2D eigenvalue weighted by molar-refractivity contribution is -0.137. The van der Waals surface area contributed by atoms with Crippen LogP contribution in [0, 0.1) is 0 Å². The van der Waals surface area contributed by atoms with Gasteiger partial charge in [0, 0.05) is 17.0 Å². The van der Waals surface area contributed by atoms with Gasteiger partial charge >= 0.3 is 12.1 Å². The van der Waals surface area contributed by atoms with Crippen LogP contribution in [0.1, 0.15) is 22.3 Å². The van der Waals surface area contributed by atoms with E-state index in [1.807, 2.05) is 0 Å². The minimum atomic E-state index is -4.51. The number of hydrogen-bond donors (Lipinski definition) is 2. The van der Waals surface area contributed by atoms with E-state index >= 15 is 0 Å². The van der Waals surface area contributed by atoms with Crippen molar-refractivity contribution in [3.05, 3.63) is 53.6 Å². The van der Waals surface area contributed by atoms with Gasteiger partial charge in [-0.25, -0.2) is 4.79 Å². The lowest BCUT2D eigenvalue weighted by atomic mass is 10.1. The molecule has 0 aromatic heterocycles. The zero-order chi connectivity index (χ0) is 21.2. The summed E-state index contributed by atoms with van der Waals surface area (Å²) in [6, 6.07) is 9.09. The lowest BCUT2D eigenvalue weighted by Gasteiger charge is -2.24. The first kappa shape index (κ1) is 20.7. The molecule has 2 amide bonds. The number of esters is 1. The lowest BCUT2D eigenvalue weighted by Crippen LogP contribution is -2.32. The molecule has 1 unspecified atom stereocenters. The Kier molecular flexibility index (Phi) is 5.83. The quantitative estimate of drug-likeness (QED) is 0.727. The number of alkyl halides is 3. The van der Waals surface area contributed by atoms with Crippen LogP contribution in [0.2, 0.25) is 0 Å². The van der Waals surface area contributed by atoms with Crippen LogP contribution in [0.25, 0.3) is 0 Å². The average Bonchev–Trinajstić information content (AvgIpc) is 2.67. The monoisotopic (exact) mass is 424 g/mol. The molecule has 0 spiro atoms. The molecule has 10 heteroatoms. The minimum absolute atomic E-state index is 0.0740. The summed E-state index contributed by atoms with van der Waals surface area (Å²) >= 11 is 1.03. The highest BCUT2D eigenvalue weighted by Gasteiger charge is 2.34. The van der Waals surface area contributed by atoms with Crippen LogP contribution in [-0.2, 0) is 20.5 Å². The highest BCUT2D eigenvalue weighted by molar-refractivity contribution is 8.01. The fourth-order valence-electron chi connectivity index (χ4n) is 2.65. The van der Waals surface area contributed by atoms with Gasteiger partial charge in [0.2, 0.25) is 11.8 Å². The van der Waals surface area contributed by atoms with Crippen LogP contribution < -0.4 is 10.6 Å². The Bertz CT molecular complexity index is 961. The molecule has 0 fully saturated rings. The molecule has 0 saturated heterocycles. The van der Waals surface area contributed by atoms with Gasteiger partial charge in [-0.2, -0.15) is 13.2 Å². The van der Waals surface area contributed by atoms with Crippen molar-refractivity contribution in [2.24, 2.45) is 0 Å². The molecule has 0 radical (unpaired) electrons. The Morgan fingerprint density at radius 3 is 2.48 bits per heavy atom. The first-order valence-electron chi connectivity index (χ1n) is 8.34. The summed E-state index contributed by atoms with van der Waals surface area (Å²) in [5.41, 5.74) is -0.0322. The molecule has 2 aromatic carbocycles. The van der Waals surface area contributed by atoms with Crippen molar-refractivity contribution in [1.29, 1.82) is 0 Å². The summed E-state index contributed by atoms with van der Waals surface area (Å²) in [4.78, 5) is 36.3. The second kappa shape index (κ2) is 8.16. The summed E-state index contributed by atoms with van der Waals surface area (Å²) in [6.45, 7) is 0. The number of carbonyl (C=O) groups excluding carboxylic acids is 3. The molecule has 0 aliphatic carbocycles. The SMILES string of the molecule is COC(=O)c1ccc(NC(=O)CC2Sc3ccc(C(F)(F)F)cc3NC2=O)cc1. The molecule has 3 rings (SSSR count). The van der Waals surface area contributed by atoms with Crippen molar-refractivity contribution in [3.8, 4) is 0 Å². The number of ether oxygens (including phenoxy) is 1. The van der Waals surface area contributed by atoms with Gasteiger partial charge in [-0.3, -0.25) is 9.59 Å². The first-order valence-corrected chi connectivity index (χ1v) is 9.22. The van der Waals surface area contributed by atoms with E-state index in [2.05, 4.69) is 15.4 Å². The van der Waals surface area contributed by atoms with Gasteiger partial charge in [0.05, 0.1) is 29.2 Å². The van der Waals surface area contributed by atoms with E-state index in [0.717, 1.165) is 23.9 Å². The number of nitrogens with one attached hydrogen (secondary N) is 2. The van der Waals surface area contributed by atoms with Crippen molar-refractivity contribution in [1.82, 2.24) is 0 Å². The number of methoxy groups -OCH3 is 1. The van der Waals surface area contributed by atoms with Gasteiger partial charge in [0.15, 0.2) is 0 Å². The third kappa shape index (κ3) is 4.89. The normalized spacial score (nSPS) is 15.9. The predicted molar refractivity (Wildman–Crippen MR) is 101 cm³/mol. The van der Waals surface area contributed by atoms with Crippen LogP contribution in [0.4, 0.5) is 24.5 Å². The molecule has 152 valence electrons. The third-order valence-electron chi connectivity index (χ3n) is 4.09. The summed E-state index contributed by atoms with van der Waals surface area (Å²) < 4.78 is 43.0. The molecule has 1 atom stereocenters. The van der Waals surface area contributed by atoms with E-state index in [9.17, 15) is 27.6 Å². The van der Waals surface area contributed by atoms with Crippen molar-refractivity contribution in [3.63, 3.8) is 0 Å². The van der Waals surface area contributed by atoms with Crippen LogP contribution in [-0.4, -0.2) is 30.1 Å². The van der Waals surface area contributed by atoms with Crippen molar-refractivity contribution < 1.29 is 32.3 Å². The zero-order valence-electron chi connectivity index (χ0n) is 15.0. The molecule has 1 heterocycles. The van der Waals surface area contributed by atoms with Crippen molar-refractivity contribution in [2.45, 2.75) is 22.7 Å². The standard InChI is InChI=1S/C19H15F3N2O4S/c1-28-18(27)10-2-5-12(6-3-10)23-16(25)9-15-17(26)24-13-8-11(19(20,21)22)4-7-14(13)29-15/h2-8,15H,9H2,1H3,(H,23,25)(H,24,26). The molecule has 1 aliphatic rings. The number of rotatable bonds is 4. The number of thioether (sulfide) groups is 1. The topological polar surface area (TPSA) is 84.5 Å².